The number of nitrogens with zero attached hydrogens (tertiary/aromatic N) is 1. The van der Waals surface area contributed by atoms with Crippen molar-refractivity contribution in [3.63, 3.8) is 0 Å². The minimum Gasteiger partial charge on any atom is -0.486 e. The number of nitriles is 1. The molecule has 1 N–H and O–H groups in total. The van der Waals surface area contributed by atoms with Gasteiger partial charge in [0, 0.05) is 19.8 Å². The van der Waals surface area contributed by atoms with Crippen molar-refractivity contribution in [3.8, 4) is 17.6 Å². The lowest BCUT2D eigenvalue weighted by atomic mass is 10.1. The third-order valence-electron chi connectivity index (χ3n) is 3.25. The normalized spacial score (nSPS) is 13.3. The van der Waals surface area contributed by atoms with Gasteiger partial charge >= 0.3 is 0 Å². The Morgan fingerprint density at radius 2 is 2.25 bits per heavy atom. The van der Waals surface area contributed by atoms with E-state index in [9.17, 15) is 10.1 Å². The summed E-state index contributed by atoms with van der Waals surface area (Å²) in [5.74, 6) is 0.563. The van der Waals surface area contributed by atoms with Gasteiger partial charge in [-0.15, -0.1) is 0 Å². The van der Waals surface area contributed by atoms with E-state index >= 15 is 0 Å². The van der Waals surface area contributed by atoms with E-state index in [1.807, 2.05) is 13.0 Å². The first-order valence-electron chi connectivity index (χ1n) is 7.72. The second-order valence-corrected chi connectivity index (χ2v) is 5.41. The fourth-order valence-corrected chi connectivity index (χ4v) is 2.42. The summed E-state index contributed by atoms with van der Waals surface area (Å²) in [6.07, 6.45) is 2.16. The molecular formula is C17H19ClN2O4. The second kappa shape index (κ2) is 9.16. The summed E-state index contributed by atoms with van der Waals surface area (Å²) in [5.41, 5.74) is 0.601. The van der Waals surface area contributed by atoms with Crippen molar-refractivity contribution < 1.29 is 19.0 Å². The van der Waals surface area contributed by atoms with E-state index < -0.39 is 5.91 Å². The molecule has 0 fully saturated rings. The number of amides is 1. The van der Waals surface area contributed by atoms with Crippen LogP contribution in [0.3, 0.4) is 0 Å². The van der Waals surface area contributed by atoms with Crippen molar-refractivity contribution in [2.75, 3.05) is 33.0 Å². The maximum atomic E-state index is 12.1. The molecule has 1 aliphatic heterocycles. The summed E-state index contributed by atoms with van der Waals surface area (Å²) in [7, 11) is 0. The van der Waals surface area contributed by atoms with Gasteiger partial charge in [0.1, 0.15) is 24.9 Å². The van der Waals surface area contributed by atoms with Crippen LogP contribution in [0.15, 0.2) is 17.7 Å². The van der Waals surface area contributed by atoms with Crippen LogP contribution in [0.4, 0.5) is 0 Å². The van der Waals surface area contributed by atoms with Crippen LogP contribution in [0.2, 0.25) is 5.02 Å². The fourth-order valence-electron chi connectivity index (χ4n) is 2.15. The van der Waals surface area contributed by atoms with E-state index in [4.69, 9.17) is 25.8 Å². The van der Waals surface area contributed by atoms with Gasteiger partial charge < -0.3 is 19.5 Å². The molecule has 0 radical (unpaired) electrons. The number of fused-ring (bicyclic) bond motifs is 1. The van der Waals surface area contributed by atoms with E-state index in [-0.39, 0.29) is 5.57 Å². The maximum Gasteiger partial charge on any atom is 0.261 e. The lowest BCUT2D eigenvalue weighted by Gasteiger charge is -2.19. The highest BCUT2D eigenvalue weighted by Crippen LogP contribution is 2.38. The van der Waals surface area contributed by atoms with Crippen molar-refractivity contribution in [1.82, 2.24) is 5.32 Å². The number of carbonyl (C=O) groups is 1. The van der Waals surface area contributed by atoms with Gasteiger partial charge in [0.2, 0.25) is 0 Å². The Kier molecular flexibility index (Phi) is 6.91. The minimum atomic E-state index is -0.431. The van der Waals surface area contributed by atoms with E-state index in [1.165, 1.54) is 6.08 Å². The fraction of sp³-hybridized carbons (Fsp3) is 0.412. The number of ether oxygens (including phenoxy) is 3. The first-order chi connectivity index (χ1) is 11.7. The van der Waals surface area contributed by atoms with Crippen molar-refractivity contribution in [2.24, 2.45) is 0 Å². The Hall–Kier alpha value is -2.23. The zero-order chi connectivity index (χ0) is 17.4. The van der Waals surface area contributed by atoms with Gasteiger partial charge in [-0.25, -0.2) is 0 Å². The van der Waals surface area contributed by atoms with Crippen molar-refractivity contribution in [1.29, 1.82) is 5.26 Å². The molecule has 128 valence electrons. The number of carbonyl (C=O) groups excluding carboxylic acids is 1. The van der Waals surface area contributed by atoms with Gasteiger partial charge in [-0.1, -0.05) is 11.6 Å². The largest absolute Gasteiger partial charge is 0.486 e. The highest BCUT2D eigenvalue weighted by atomic mass is 35.5. The third kappa shape index (κ3) is 4.88. The molecule has 1 heterocycles. The van der Waals surface area contributed by atoms with Crippen LogP contribution in [0.1, 0.15) is 18.9 Å². The van der Waals surface area contributed by atoms with Crippen LogP contribution >= 0.6 is 11.6 Å². The van der Waals surface area contributed by atoms with Crippen molar-refractivity contribution in [3.05, 3.63) is 28.3 Å². The van der Waals surface area contributed by atoms with E-state index in [1.54, 1.807) is 12.1 Å². The number of nitrogens with one attached hydrogen (secondary N) is 1. The number of hydrogen-bond acceptors (Lipinski definition) is 5. The van der Waals surface area contributed by atoms with Gasteiger partial charge in [-0.05, 0) is 37.1 Å². The molecule has 0 unspecified atom stereocenters. The molecule has 0 aliphatic carbocycles. The lowest BCUT2D eigenvalue weighted by Crippen LogP contribution is -2.26. The molecule has 0 saturated heterocycles. The average Bonchev–Trinajstić information content (AvgIpc) is 2.59. The van der Waals surface area contributed by atoms with Gasteiger partial charge in [-0.2, -0.15) is 5.26 Å². The van der Waals surface area contributed by atoms with Gasteiger partial charge in [-0.3, -0.25) is 4.79 Å². The molecule has 24 heavy (non-hydrogen) atoms. The summed E-state index contributed by atoms with van der Waals surface area (Å²) in [5, 5.41) is 12.3. The number of hydrogen-bond donors (Lipinski definition) is 1. The van der Waals surface area contributed by atoms with Crippen LogP contribution in [0.5, 0.6) is 11.5 Å². The standard InChI is InChI=1S/C17H19ClN2O4/c1-2-22-5-3-4-20-17(21)13(11-19)8-12-9-14(18)16-15(10-12)23-6-7-24-16/h8-10H,2-7H2,1H3,(H,20,21)/b13-8+. The maximum absolute atomic E-state index is 12.1. The van der Waals surface area contributed by atoms with E-state index in [0.29, 0.717) is 61.5 Å². The monoisotopic (exact) mass is 350 g/mol. The van der Waals surface area contributed by atoms with Crippen LogP contribution in [-0.2, 0) is 9.53 Å². The molecule has 2 rings (SSSR count). The summed E-state index contributed by atoms with van der Waals surface area (Å²) < 4.78 is 16.1. The second-order valence-electron chi connectivity index (χ2n) is 5.00. The zero-order valence-electron chi connectivity index (χ0n) is 13.4. The lowest BCUT2D eigenvalue weighted by molar-refractivity contribution is -0.117. The van der Waals surface area contributed by atoms with Gasteiger partial charge in [0.05, 0.1) is 5.02 Å². The molecule has 0 aromatic heterocycles. The average molecular weight is 351 g/mol. The van der Waals surface area contributed by atoms with Crippen LogP contribution < -0.4 is 14.8 Å². The molecule has 1 amide bonds. The highest BCUT2D eigenvalue weighted by molar-refractivity contribution is 6.32. The van der Waals surface area contributed by atoms with Crippen molar-refractivity contribution in [2.45, 2.75) is 13.3 Å². The molecule has 7 heteroatoms. The number of rotatable bonds is 7. The predicted molar refractivity (Wildman–Crippen MR) is 90.2 cm³/mol. The first-order valence-corrected chi connectivity index (χ1v) is 8.10. The highest BCUT2D eigenvalue weighted by Gasteiger charge is 2.17. The van der Waals surface area contributed by atoms with Crippen LogP contribution in [0, 0.1) is 11.3 Å². The summed E-state index contributed by atoms with van der Waals surface area (Å²) in [6, 6.07) is 5.23. The SMILES string of the molecule is CCOCCCNC(=O)/C(C#N)=C/c1cc(Cl)c2c(c1)OCCO2. The minimum absolute atomic E-state index is 0.000783. The smallest absolute Gasteiger partial charge is 0.261 e. The Morgan fingerprint density at radius 1 is 1.46 bits per heavy atom. The molecule has 0 spiro atoms. The predicted octanol–water partition coefficient (Wildman–Crippen LogP) is 2.56. The number of benzene rings is 1. The molecule has 0 atom stereocenters. The van der Waals surface area contributed by atoms with E-state index in [0.717, 1.165) is 0 Å². The molecular weight excluding hydrogens is 332 g/mol. The zero-order valence-corrected chi connectivity index (χ0v) is 14.2. The Morgan fingerprint density at radius 3 is 3.00 bits per heavy atom. The van der Waals surface area contributed by atoms with Gasteiger partial charge in [0.25, 0.3) is 5.91 Å². The number of halogens is 1. The molecule has 0 bridgehead atoms. The Balaban J connectivity index is 2.06. The quantitative estimate of drug-likeness (QED) is 0.464. The molecule has 1 aromatic carbocycles. The molecule has 6 nitrogen and oxygen atoms in total. The summed E-state index contributed by atoms with van der Waals surface area (Å²) in [4.78, 5) is 12.1. The molecule has 1 aliphatic rings. The van der Waals surface area contributed by atoms with Crippen LogP contribution in [-0.4, -0.2) is 38.9 Å². The summed E-state index contributed by atoms with van der Waals surface area (Å²) >= 11 is 6.15. The van der Waals surface area contributed by atoms with Crippen molar-refractivity contribution >= 4 is 23.6 Å². The molecule has 0 saturated carbocycles. The first kappa shape index (κ1) is 18.1. The van der Waals surface area contributed by atoms with E-state index in [2.05, 4.69) is 5.32 Å². The Bertz CT molecular complexity index is 667. The topological polar surface area (TPSA) is 80.6 Å². The third-order valence-corrected chi connectivity index (χ3v) is 3.53. The summed E-state index contributed by atoms with van der Waals surface area (Å²) in [6.45, 7) is 4.44. The van der Waals surface area contributed by atoms with Crippen LogP contribution in [0.25, 0.3) is 6.08 Å². The molecule has 1 aromatic rings. The van der Waals surface area contributed by atoms with Gasteiger partial charge in [0.15, 0.2) is 11.5 Å². The Labute approximate surface area is 145 Å².